The maximum atomic E-state index is 9.69. The molecule has 1 heterocycles. The first-order chi connectivity index (χ1) is 6.65. The number of aromatic nitrogens is 1. The fourth-order valence-electron chi connectivity index (χ4n) is 1.09. The molecule has 0 amide bonds. The Hall–Kier alpha value is -0.160. The lowest BCUT2D eigenvalue weighted by Crippen LogP contribution is -2.18. The number of halogens is 2. The second kappa shape index (κ2) is 5.66. The number of hydrogen-bond donors (Lipinski definition) is 2. The molecule has 0 saturated carbocycles. The molecule has 3 nitrogen and oxygen atoms in total. The molecule has 1 aromatic heterocycles. The zero-order chi connectivity index (χ0) is 10.6. The molecule has 1 rings (SSSR count). The number of aliphatic hydroxyl groups excluding tert-OH is 2. The predicted molar refractivity (Wildman–Crippen MR) is 58.6 cm³/mol. The average molecular weight is 281 g/mol. The maximum absolute atomic E-state index is 9.69. The van der Waals surface area contributed by atoms with Crippen LogP contribution in [0.1, 0.15) is 18.1 Å². The van der Waals surface area contributed by atoms with E-state index in [0.29, 0.717) is 22.5 Å². The van der Waals surface area contributed by atoms with Crippen molar-refractivity contribution in [3.8, 4) is 0 Å². The third kappa shape index (κ3) is 3.20. The van der Waals surface area contributed by atoms with E-state index in [0.717, 1.165) is 0 Å². The molecule has 0 spiro atoms. The van der Waals surface area contributed by atoms with E-state index in [9.17, 15) is 10.2 Å². The van der Waals surface area contributed by atoms with E-state index in [1.54, 1.807) is 12.1 Å². The summed E-state index contributed by atoms with van der Waals surface area (Å²) in [5.74, 6) is 0. The molecular formula is C9H11BrClNO2. The Balaban J connectivity index is 2.73. The van der Waals surface area contributed by atoms with E-state index in [-0.39, 0.29) is 0 Å². The van der Waals surface area contributed by atoms with Gasteiger partial charge in [0.2, 0.25) is 0 Å². The maximum Gasteiger partial charge on any atom is 0.129 e. The van der Waals surface area contributed by atoms with Gasteiger partial charge in [0.15, 0.2) is 0 Å². The third-order valence-corrected chi connectivity index (χ3v) is 2.53. The van der Waals surface area contributed by atoms with Crippen molar-refractivity contribution in [2.45, 2.75) is 18.6 Å². The van der Waals surface area contributed by atoms with Gasteiger partial charge in [-0.3, -0.25) is 0 Å². The lowest BCUT2D eigenvalue weighted by atomic mass is 10.0. The van der Waals surface area contributed by atoms with Gasteiger partial charge in [-0.1, -0.05) is 27.5 Å². The van der Waals surface area contributed by atoms with Crippen molar-refractivity contribution in [1.82, 2.24) is 4.98 Å². The average Bonchev–Trinajstić information content (AvgIpc) is 2.17. The quantitative estimate of drug-likeness (QED) is 0.654. The topological polar surface area (TPSA) is 53.4 Å². The van der Waals surface area contributed by atoms with Crippen LogP contribution in [0, 0.1) is 0 Å². The van der Waals surface area contributed by atoms with Crippen LogP contribution in [-0.2, 0) is 0 Å². The van der Waals surface area contributed by atoms with E-state index < -0.39 is 12.2 Å². The first-order valence-corrected chi connectivity index (χ1v) is 5.68. The highest BCUT2D eigenvalue weighted by molar-refractivity contribution is 9.09. The van der Waals surface area contributed by atoms with Gasteiger partial charge < -0.3 is 10.2 Å². The summed E-state index contributed by atoms with van der Waals surface area (Å²) in [4.78, 5) is 3.79. The van der Waals surface area contributed by atoms with E-state index in [1.807, 2.05) is 0 Å². The molecule has 0 bridgehead atoms. The number of hydrogen-bond acceptors (Lipinski definition) is 3. The summed E-state index contributed by atoms with van der Waals surface area (Å²) >= 11 is 8.85. The summed E-state index contributed by atoms with van der Waals surface area (Å²) in [5.41, 5.74) is 0.582. The lowest BCUT2D eigenvalue weighted by molar-refractivity contribution is 0.0173. The van der Waals surface area contributed by atoms with Crippen LogP contribution in [0.5, 0.6) is 0 Å². The Labute approximate surface area is 95.9 Å². The van der Waals surface area contributed by atoms with Crippen molar-refractivity contribution >= 4 is 27.5 Å². The van der Waals surface area contributed by atoms with E-state index >= 15 is 0 Å². The van der Waals surface area contributed by atoms with Gasteiger partial charge in [-0.25, -0.2) is 4.98 Å². The number of alkyl halides is 1. The van der Waals surface area contributed by atoms with Gasteiger partial charge in [-0.2, -0.15) is 0 Å². The summed E-state index contributed by atoms with van der Waals surface area (Å²) in [6.45, 7) is 0. The molecule has 0 saturated heterocycles. The minimum Gasteiger partial charge on any atom is -0.390 e. The Morgan fingerprint density at radius 1 is 1.50 bits per heavy atom. The monoisotopic (exact) mass is 279 g/mol. The van der Waals surface area contributed by atoms with Gasteiger partial charge in [-0.05, 0) is 24.1 Å². The highest BCUT2D eigenvalue weighted by Gasteiger charge is 2.17. The predicted octanol–water partition coefficient (Wildman–Crippen LogP) is 1.91. The molecule has 2 N–H and O–H groups in total. The summed E-state index contributed by atoms with van der Waals surface area (Å²) in [7, 11) is 0. The molecule has 1 aromatic rings. The SMILES string of the molecule is OC(CCBr)C(O)c1ccnc(Cl)c1. The van der Waals surface area contributed by atoms with Crippen LogP contribution in [0.4, 0.5) is 0 Å². The molecule has 0 radical (unpaired) electrons. The molecule has 5 heteroatoms. The molecule has 14 heavy (non-hydrogen) atoms. The van der Waals surface area contributed by atoms with Crippen molar-refractivity contribution in [2.24, 2.45) is 0 Å². The number of aliphatic hydroxyl groups is 2. The molecule has 78 valence electrons. The van der Waals surface area contributed by atoms with E-state index in [2.05, 4.69) is 20.9 Å². The molecule has 0 fully saturated rings. The second-order valence-corrected chi connectivity index (χ2v) is 4.08. The normalized spacial score (nSPS) is 15.1. The van der Waals surface area contributed by atoms with Gasteiger partial charge in [-0.15, -0.1) is 0 Å². The Kier molecular flexibility index (Phi) is 4.81. The minimum atomic E-state index is -0.909. The molecule has 0 aliphatic heterocycles. The zero-order valence-corrected chi connectivity index (χ0v) is 9.74. The summed E-state index contributed by atoms with van der Waals surface area (Å²) in [6, 6.07) is 3.18. The number of rotatable bonds is 4. The van der Waals surface area contributed by atoms with Crippen molar-refractivity contribution in [2.75, 3.05) is 5.33 Å². The van der Waals surface area contributed by atoms with Crippen molar-refractivity contribution in [3.05, 3.63) is 29.0 Å². The summed E-state index contributed by atoms with van der Waals surface area (Å²) in [6.07, 6.45) is 0.295. The zero-order valence-electron chi connectivity index (χ0n) is 7.40. The van der Waals surface area contributed by atoms with Crippen LogP contribution in [0.3, 0.4) is 0 Å². The van der Waals surface area contributed by atoms with Crippen LogP contribution in [-0.4, -0.2) is 26.6 Å². The molecular weight excluding hydrogens is 269 g/mol. The van der Waals surface area contributed by atoms with Crippen LogP contribution >= 0.6 is 27.5 Å². The third-order valence-electron chi connectivity index (χ3n) is 1.86. The van der Waals surface area contributed by atoms with Crippen molar-refractivity contribution in [3.63, 3.8) is 0 Å². The smallest absolute Gasteiger partial charge is 0.129 e. The highest BCUT2D eigenvalue weighted by atomic mass is 79.9. The van der Waals surface area contributed by atoms with Gasteiger partial charge >= 0.3 is 0 Å². The second-order valence-electron chi connectivity index (χ2n) is 2.90. The number of pyridine rings is 1. The van der Waals surface area contributed by atoms with E-state index in [4.69, 9.17) is 11.6 Å². The molecule has 0 aliphatic rings. The first kappa shape index (κ1) is 11.9. The standard InChI is InChI=1S/C9H11BrClNO2/c10-3-1-7(13)9(14)6-2-4-12-8(11)5-6/h2,4-5,7,9,13-14H,1,3H2. The Morgan fingerprint density at radius 3 is 2.79 bits per heavy atom. The Morgan fingerprint density at radius 2 is 2.21 bits per heavy atom. The fourth-order valence-corrected chi connectivity index (χ4v) is 1.74. The van der Waals surface area contributed by atoms with Crippen LogP contribution in [0.2, 0.25) is 5.15 Å². The van der Waals surface area contributed by atoms with Crippen molar-refractivity contribution in [1.29, 1.82) is 0 Å². The van der Waals surface area contributed by atoms with Gasteiger partial charge in [0, 0.05) is 11.5 Å². The van der Waals surface area contributed by atoms with Crippen LogP contribution < -0.4 is 0 Å². The lowest BCUT2D eigenvalue weighted by Gasteiger charge is -2.16. The first-order valence-electron chi connectivity index (χ1n) is 4.18. The van der Waals surface area contributed by atoms with Crippen molar-refractivity contribution < 1.29 is 10.2 Å². The molecule has 0 aromatic carbocycles. The summed E-state index contributed by atoms with van der Waals surface area (Å²) in [5, 5.41) is 20.2. The molecule has 2 unspecified atom stereocenters. The van der Waals surface area contributed by atoms with Gasteiger partial charge in [0.1, 0.15) is 11.3 Å². The van der Waals surface area contributed by atoms with Gasteiger partial charge in [0.05, 0.1) is 6.10 Å². The molecule has 0 aliphatic carbocycles. The Bertz CT molecular complexity index is 298. The van der Waals surface area contributed by atoms with Crippen LogP contribution in [0.15, 0.2) is 18.3 Å². The summed E-state index contributed by atoms with van der Waals surface area (Å²) < 4.78 is 0. The van der Waals surface area contributed by atoms with E-state index in [1.165, 1.54) is 6.20 Å². The fraction of sp³-hybridized carbons (Fsp3) is 0.444. The van der Waals surface area contributed by atoms with Crippen LogP contribution in [0.25, 0.3) is 0 Å². The highest BCUT2D eigenvalue weighted by Crippen LogP contribution is 2.20. The van der Waals surface area contributed by atoms with Gasteiger partial charge in [0.25, 0.3) is 0 Å². The minimum absolute atomic E-state index is 0.313. The number of nitrogens with zero attached hydrogens (tertiary/aromatic N) is 1. The largest absolute Gasteiger partial charge is 0.390 e. The molecule has 2 atom stereocenters.